The molecule has 2 aliphatic heterocycles. The van der Waals surface area contributed by atoms with Gasteiger partial charge in [0.25, 0.3) is 5.91 Å². The number of morpholine rings is 1. The molecule has 17 heavy (non-hydrogen) atoms. The van der Waals surface area contributed by atoms with E-state index in [0.29, 0.717) is 19.6 Å². The fourth-order valence-corrected chi connectivity index (χ4v) is 2.53. The molecule has 0 saturated carbocycles. The number of hydrogen-bond acceptors (Lipinski definition) is 4. The van der Waals surface area contributed by atoms with Crippen LogP contribution >= 0.6 is 0 Å². The Hall–Kier alpha value is -0.650. The molecule has 0 spiro atoms. The third kappa shape index (κ3) is 2.78. The molecular weight excluding hydrogens is 220 g/mol. The van der Waals surface area contributed by atoms with E-state index in [-0.39, 0.29) is 18.1 Å². The Balaban J connectivity index is 2.00. The van der Waals surface area contributed by atoms with E-state index in [0.717, 1.165) is 19.4 Å². The minimum Gasteiger partial charge on any atom is -0.376 e. The SMILES string of the molecule is CC1(C)OC(CN)CN(CC2CCCO2)C1=O. The molecule has 2 fully saturated rings. The van der Waals surface area contributed by atoms with Gasteiger partial charge in [-0.25, -0.2) is 0 Å². The van der Waals surface area contributed by atoms with Crippen LogP contribution in [0.15, 0.2) is 0 Å². The number of carbonyl (C=O) groups is 1. The zero-order valence-electron chi connectivity index (χ0n) is 10.6. The maximum absolute atomic E-state index is 12.2. The predicted molar refractivity (Wildman–Crippen MR) is 63.6 cm³/mol. The van der Waals surface area contributed by atoms with Gasteiger partial charge in [0.2, 0.25) is 0 Å². The molecule has 2 unspecified atom stereocenters. The van der Waals surface area contributed by atoms with Gasteiger partial charge in [-0.1, -0.05) is 0 Å². The minimum atomic E-state index is -0.763. The summed E-state index contributed by atoms with van der Waals surface area (Å²) in [7, 11) is 0. The first-order valence-corrected chi connectivity index (χ1v) is 6.32. The van der Waals surface area contributed by atoms with E-state index in [1.807, 2.05) is 4.90 Å². The maximum atomic E-state index is 12.2. The van der Waals surface area contributed by atoms with Crippen molar-refractivity contribution in [1.82, 2.24) is 4.90 Å². The molecule has 0 bridgehead atoms. The largest absolute Gasteiger partial charge is 0.376 e. The Morgan fingerprint density at radius 2 is 2.24 bits per heavy atom. The summed E-state index contributed by atoms with van der Waals surface area (Å²) in [6.45, 7) is 6.12. The first-order chi connectivity index (χ1) is 8.03. The summed E-state index contributed by atoms with van der Waals surface area (Å²) in [5.74, 6) is 0.0395. The molecule has 1 amide bonds. The van der Waals surface area contributed by atoms with E-state index in [9.17, 15) is 4.79 Å². The van der Waals surface area contributed by atoms with Crippen molar-refractivity contribution in [3.63, 3.8) is 0 Å². The van der Waals surface area contributed by atoms with Gasteiger partial charge in [0, 0.05) is 26.2 Å². The molecule has 0 radical (unpaired) electrons. The third-order valence-corrected chi connectivity index (χ3v) is 3.40. The monoisotopic (exact) mass is 242 g/mol. The number of nitrogens with zero attached hydrogens (tertiary/aromatic N) is 1. The van der Waals surface area contributed by atoms with Crippen LogP contribution in [0.3, 0.4) is 0 Å². The highest BCUT2D eigenvalue weighted by atomic mass is 16.5. The van der Waals surface area contributed by atoms with Crippen LogP contribution in [-0.4, -0.2) is 54.9 Å². The maximum Gasteiger partial charge on any atom is 0.254 e. The average molecular weight is 242 g/mol. The minimum absolute atomic E-state index is 0.0395. The Morgan fingerprint density at radius 3 is 2.82 bits per heavy atom. The molecule has 2 aliphatic rings. The number of rotatable bonds is 3. The lowest BCUT2D eigenvalue weighted by atomic mass is 10.0. The van der Waals surface area contributed by atoms with E-state index in [2.05, 4.69) is 0 Å². The first kappa shape index (κ1) is 12.8. The van der Waals surface area contributed by atoms with Gasteiger partial charge < -0.3 is 20.1 Å². The van der Waals surface area contributed by atoms with E-state index in [1.165, 1.54) is 0 Å². The quantitative estimate of drug-likeness (QED) is 0.764. The van der Waals surface area contributed by atoms with Gasteiger partial charge in [0.15, 0.2) is 0 Å². The number of nitrogens with two attached hydrogens (primary N) is 1. The van der Waals surface area contributed by atoms with Gasteiger partial charge in [-0.15, -0.1) is 0 Å². The lowest BCUT2D eigenvalue weighted by Crippen LogP contribution is -2.59. The molecule has 2 N–H and O–H groups in total. The van der Waals surface area contributed by atoms with E-state index in [4.69, 9.17) is 15.2 Å². The summed E-state index contributed by atoms with van der Waals surface area (Å²) in [6, 6.07) is 0. The fraction of sp³-hybridized carbons (Fsp3) is 0.917. The Bertz CT molecular complexity index is 287. The second-order valence-electron chi connectivity index (χ2n) is 5.33. The van der Waals surface area contributed by atoms with Gasteiger partial charge in [-0.3, -0.25) is 4.79 Å². The highest BCUT2D eigenvalue weighted by Gasteiger charge is 2.41. The number of carbonyl (C=O) groups excluding carboxylic acids is 1. The molecule has 5 heteroatoms. The third-order valence-electron chi connectivity index (χ3n) is 3.40. The lowest BCUT2D eigenvalue weighted by molar-refractivity contribution is -0.180. The van der Waals surface area contributed by atoms with Gasteiger partial charge in [-0.2, -0.15) is 0 Å². The summed E-state index contributed by atoms with van der Waals surface area (Å²) in [5, 5.41) is 0. The molecule has 5 nitrogen and oxygen atoms in total. The van der Waals surface area contributed by atoms with E-state index >= 15 is 0 Å². The van der Waals surface area contributed by atoms with Crippen molar-refractivity contribution in [2.45, 2.75) is 44.5 Å². The zero-order valence-corrected chi connectivity index (χ0v) is 10.6. The summed E-state index contributed by atoms with van der Waals surface area (Å²) in [4.78, 5) is 14.0. The van der Waals surface area contributed by atoms with Crippen molar-refractivity contribution < 1.29 is 14.3 Å². The molecule has 98 valence electrons. The van der Waals surface area contributed by atoms with Crippen molar-refractivity contribution in [3.05, 3.63) is 0 Å². The lowest BCUT2D eigenvalue weighted by Gasteiger charge is -2.42. The highest BCUT2D eigenvalue weighted by molar-refractivity contribution is 5.85. The molecule has 0 aromatic carbocycles. The Labute approximate surface area is 102 Å². The highest BCUT2D eigenvalue weighted by Crippen LogP contribution is 2.24. The molecule has 2 rings (SSSR count). The number of hydrogen-bond donors (Lipinski definition) is 1. The topological polar surface area (TPSA) is 64.8 Å². The van der Waals surface area contributed by atoms with Crippen LogP contribution < -0.4 is 5.73 Å². The van der Waals surface area contributed by atoms with Gasteiger partial charge in [-0.05, 0) is 26.7 Å². The van der Waals surface area contributed by atoms with Crippen LogP contribution in [0.4, 0.5) is 0 Å². The molecule has 0 aliphatic carbocycles. The van der Waals surface area contributed by atoms with Crippen LogP contribution in [0.25, 0.3) is 0 Å². The van der Waals surface area contributed by atoms with Crippen LogP contribution in [-0.2, 0) is 14.3 Å². The standard InChI is InChI=1S/C12H22N2O3/c1-12(2)11(15)14(8-10(6-13)17-12)7-9-4-3-5-16-9/h9-10H,3-8,13H2,1-2H3. The Kier molecular flexibility index (Phi) is 3.70. The van der Waals surface area contributed by atoms with Crippen molar-refractivity contribution >= 4 is 5.91 Å². The zero-order chi connectivity index (χ0) is 12.5. The van der Waals surface area contributed by atoms with Crippen LogP contribution in [0.1, 0.15) is 26.7 Å². The van der Waals surface area contributed by atoms with Crippen molar-refractivity contribution in [3.8, 4) is 0 Å². The van der Waals surface area contributed by atoms with Crippen LogP contribution in [0.5, 0.6) is 0 Å². The molecule has 0 aromatic heterocycles. The summed E-state index contributed by atoms with van der Waals surface area (Å²) in [6.07, 6.45) is 2.25. The smallest absolute Gasteiger partial charge is 0.254 e. The van der Waals surface area contributed by atoms with Gasteiger partial charge in [0.1, 0.15) is 5.60 Å². The second-order valence-corrected chi connectivity index (χ2v) is 5.33. The first-order valence-electron chi connectivity index (χ1n) is 6.32. The molecule has 2 saturated heterocycles. The number of amides is 1. The van der Waals surface area contributed by atoms with Gasteiger partial charge >= 0.3 is 0 Å². The van der Waals surface area contributed by atoms with E-state index in [1.54, 1.807) is 13.8 Å². The van der Waals surface area contributed by atoms with E-state index < -0.39 is 5.60 Å². The second kappa shape index (κ2) is 4.92. The molecular formula is C12H22N2O3. The summed E-state index contributed by atoms with van der Waals surface area (Å²) < 4.78 is 11.2. The van der Waals surface area contributed by atoms with Crippen molar-refractivity contribution in [1.29, 1.82) is 0 Å². The predicted octanol–water partition coefficient (Wildman–Crippen LogP) is 0.130. The molecule has 2 heterocycles. The van der Waals surface area contributed by atoms with Crippen LogP contribution in [0, 0.1) is 0 Å². The summed E-state index contributed by atoms with van der Waals surface area (Å²) >= 11 is 0. The Morgan fingerprint density at radius 1 is 1.47 bits per heavy atom. The molecule has 0 aromatic rings. The molecule has 2 atom stereocenters. The van der Waals surface area contributed by atoms with Gasteiger partial charge in [0.05, 0.1) is 12.2 Å². The van der Waals surface area contributed by atoms with Crippen LogP contribution in [0.2, 0.25) is 0 Å². The fourth-order valence-electron chi connectivity index (χ4n) is 2.53. The van der Waals surface area contributed by atoms with Crippen molar-refractivity contribution in [2.24, 2.45) is 5.73 Å². The summed E-state index contributed by atoms with van der Waals surface area (Å²) in [5.41, 5.74) is 4.88. The number of ether oxygens (including phenoxy) is 2. The normalized spacial score (nSPS) is 33.1. The van der Waals surface area contributed by atoms with Crippen molar-refractivity contribution in [2.75, 3.05) is 26.2 Å². The average Bonchev–Trinajstić information content (AvgIpc) is 2.77.